The second kappa shape index (κ2) is 7.67. The molecule has 1 saturated carbocycles. The van der Waals surface area contributed by atoms with Gasteiger partial charge in [-0.25, -0.2) is 0 Å². The molecule has 1 aliphatic rings. The van der Waals surface area contributed by atoms with E-state index in [4.69, 9.17) is 4.74 Å². The maximum Gasteiger partial charge on any atom is 0.306 e. The highest BCUT2D eigenvalue weighted by molar-refractivity contribution is 7.99. The van der Waals surface area contributed by atoms with Crippen molar-refractivity contribution in [2.75, 3.05) is 25.2 Å². The lowest BCUT2D eigenvalue weighted by atomic mass is 10.1. The fourth-order valence-corrected chi connectivity index (χ4v) is 2.96. The van der Waals surface area contributed by atoms with E-state index >= 15 is 0 Å². The summed E-state index contributed by atoms with van der Waals surface area (Å²) in [6, 6.07) is 0. The van der Waals surface area contributed by atoms with Gasteiger partial charge in [0.2, 0.25) is 5.91 Å². The minimum absolute atomic E-state index is 0.0994. The van der Waals surface area contributed by atoms with Crippen LogP contribution >= 0.6 is 11.8 Å². The summed E-state index contributed by atoms with van der Waals surface area (Å²) in [5.41, 5.74) is 0.113. The zero-order valence-electron chi connectivity index (χ0n) is 11.3. The Kier molecular flexibility index (Phi) is 6.54. The third-order valence-corrected chi connectivity index (χ3v) is 4.48. The topological polar surface area (TPSA) is 55.4 Å². The van der Waals surface area contributed by atoms with Gasteiger partial charge in [-0.05, 0) is 30.4 Å². The van der Waals surface area contributed by atoms with Crippen LogP contribution in [0.3, 0.4) is 0 Å². The lowest BCUT2D eigenvalue weighted by molar-refractivity contribution is -0.141. The van der Waals surface area contributed by atoms with E-state index in [1.165, 1.54) is 7.11 Å². The summed E-state index contributed by atoms with van der Waals surface area (Å²) in [6.07, 6.45) is 4.77. The van der Waals surface area contributed by atoms with Gasteiger partial charge in [0.25, 0.3) is 0 Å². The molecular formula is C13H23NO3S. The molecule has 0 aromatic carbocycles. The molecule has 1 fully saturated rings. The molecule has 1 rings (SSSR count). The van der Waals surface area contributed by atoms with Gasteiger partial charge in [-0.3, -0.25) is 9.59 Å². The predicted octanol–water partition coefficient (Wildman–Crippen LogP) is 1.98. The number of amides is 1. The summed E-state index contributed by atoms with van der Waals surface area (Å²) < 4.78 is 4.69. The van der Waals surface area contributed by atoms with Crippen LogP contribution in [-0.4, -0.2) is 37.0 Å². The first-order valence-electron chi connectivity index (χ1n) is 6.53. The average molecular weight is 273 g/mol. The smallest absolute Gasteiger partial charge is 0.306 e. The van der Waals surface area contributed by atoms with Crippen LogP contribution in [0.15, 0.2) is 0 Å². The zero-order valence-corrected chi connectivity index (χ0v) is 12.1. The van der Waals surface area contributed by atoms with Crippen molar-refractivity contribution in [1.29, 1.82) is 0 Å². The Balaban J connectivity index is 2.10. The van der Waals surface area contributed by atoms with Gasteiger partial charge >= 0.3 is 5.97 Å². The molecule has 104 valence electrons. The number of methoxy groups -OCH3 is 1. The normalized spacial score (nSPS) is 16.1. The van der Waals surface area contributed by atoms with Crippen molar-refractivity contribution in [3.05, 3.63) is 0 Å². The van der Waals surface area contributed by atoms with E-state index in [-0.39, 0.29) is 17.3 Å². The average Bonchev–Trinajstić information content (AvgIpc) is 3.09. The second-order valence-electron chi connectivity index (χ2n) is 4.95. The molecule has 1 N–H and O–H groups in total. The quantitative estimate of drug-likeness (QED) is 0.515. The van der Waals surface area contributed by atoms with Gasteiger partial charge in [-0.1, -0.05) is 13.3 Å². The van der Waals surface area contributed by atoms with E-state index < -0.39 is 0 Å². The molecule has 0 saturated heterocycles. The number of rotatable bonds is 9. The SMILES string of the molecule is CCCCNC(=O)CSCC1(CC(=O)OC)CC1. The molecule has 0 aliphatic heterocycles. The van der Waals surface area contributed by atoms with Crippen LogP contribution in [0.2, 0.25) is 0 Å². The highest BCUT2D eigenvalue weighted by Gasteiger charge is 2.44. The fourth-order valence-electron chi connectivity index (χ4n) is 1.74. The summed E-state index contributed by atoms with van der Waals surface area (Å²) >= 11 is 1.62. The van der Waals surface area contributed by atoms with Crippen LogP contribution < -0.4 is 5.32 Å². The first kappa shape index (κ1) is 15.3. The predicted molar refractivity (Wildman–Crippen MR) is 73.5 cm³/mol. The van der Waals surface area contributed by atoms with Gasteiger partial charge in [0.1, 0.15) is 0 Å². The number of hydrogen-bond acceptors (Lipinski definition) is 4. The molecule has 0 bridgehead atoms. The van der Waals surface area contributed by atoms with Gasteiger partial charge in [0.05, 0.1) is 19.3 Å². The molecule has 0 atom stereocenters. The largest absolute Gasteiger partial charge is 0.469 e. The van der Waals surface area contributed by atoms with E-state index in [0.29, 0.717) is 12.2 Å². The molecule has 1 aliphatic carbocycles. The van der Waals surface area contributed by atoms with Crippen LogP contribution in [0.4, 0.5) is 0 Å². The van der Waals surface area contributed by atoms with Crippen molar-refractivity contribution in [3.63, 3.8) is 0 Å². The van der Waals surface area contributed by atoms with Crippen molar-refractivity contribution in [3.8, 4) is 0 Å². The molecule has 5 heteroatoms. The van der Waals surface area contributed by atoms with Gasteiger partial charge in [-0.15, -0.1) is 0 Å². The molecule has 0 radical (unpaired) electrons. The maximum atomic E-state index is 11.5. The third-order valence-electron chi connectivity index (χ3n) is 3.20. The lowest BCUT2D eigenvalue weighted by Gasteiger charge is -2.12. The highest BCUT2D eigenvalue weighted by atomic mass is 32.2. The molecular weight excluding hydrogens is 250 g/mol. The number of carbonyl (C=O) groups excluding carboxylic acids is 2. The van der Waals surface area contributed by atoms with E-state index in [2.05, 4.69) is 12.2 Å². The van der Waals surface area contributed by atoms with Crippen LogP contribution in [0.5, 0.6) is 0 Å². The summed E-state index contributed by atoms with van der Waals surface area (Å²) in [4.78, 5) is 22.7. The van der Waals surface area contributed by atoms with Crippen molar-refractivity contribution < 1.29 is 14.3 Å². The highest BCUT2D eigenvalue weighted by Crippen LogP contribution is 2.51. The lowest BCUT2D eigenvalue weighted by Crippen LogP contribution is -2.26. The van der Waals surface area contributed by atoms with Crippen LogP contribution in [0.25, 0.3) is 0 Å². The van der Waals surface area contributed by atoms with Crippen LogP contribution in [0.1, 0.15) is 39.0 Å². The minimum Gasteiger partial charge on any atom is -0.469 e. The molecule has 18 heavy (non-hydrogen) atoms. The van der Waals surface area contributed by atoms with Crippen LogP contribution in [-0.2, 0) is 14.3 Å². The summed E-state index contributed by atoms with van der Waals surface area (Å²) in [5.74, 6) is 1.33. The molecule has 0 aromatic heterocycles. The molecule has 0 aromatic rings. The minimum atomic E-state index is -0.138. The summed E-state index contributed by atoms with van der Waals surface area (Å²) in [6.45, 7) is 2.87. The Bertz CT molecular complexity index is 290. The Hall–Kier alpha value is -0.710. The van der Waals surface area contributed by atoms with Crippen molar-refractivity contribution in [1.82, 2.24) is 5.32 Å². The first-order chi connectivity index (χ1) is 8.62. The number of nitrogens with one attached hydrogen (secondary N) is 1. The second-order valence-corrected chi connectivity index (χ2v) is 5.93. The fraction of sp³-hybridized carbons (Fsp3) is 0.846. The van der Waals surface area contributed by atoms with Crippen molar-refractivity contribution in [2.24, 2.45) is 5.41 Å². The zero-order chi connectivity index (χ0) is 13.4. The van der Waals surface area contributed by atoms with Gasteiger partial charge in [0, 0.05) is 6.54 Å². The van der Waals surface area contributed by atoms with Gasteiger partial charge < -0.3 is 10.1 Å². The number of ether oxygens (including phenoxy) is 1. The summed E-state index contributed by atoms with van der Waals surface area (Å²) in [5, 5.41) is 2.89. The van der Waals surface area contributed by atoms with Crippen LogP contribution in [0, 0.1) is 5.41 Å². The first-order valence-corrected chi connectivity index (χ1v) is 7.68. The molecule has 1 amide bonds. The number of thioether (sulfide) groups is 1. The number of unbranched alkanes of at least 4 members (excludes halogenated alkanes) is 1. The van der Waals surface area contributed by atoms with E-state index in [1.54, 1.807) is 11.8 Å². The Morgan fingerprint density at radius 1 is 1.39 bits per heavy atom. The number of carbonyl (C=O) groups is 2. The van der Waals surface area contributed by atoms with E-state index in [0.717, 1.165) is 38.0 Å². The summed E-state index contributed by atoms with van der Waals surface area (Å²) in [7, 11) is 1.42. The maximum absolute atomic E-state index is 11.5. The molecule has 4 nitrogen and oxygen atoms in total. The van der Waals surface area contributed by atoms with E-state index in [9.17, 15) is 9.59 Å². The van der Waals surface area contributed by atoms with E-state index in [1.807, 2.05) is 0 Å². The van der Waals surface area contributed by atoms with Gasteiger partial charge in [-0.2, -0.15) is 11.8 Å². The Morgan fingerprint density at radius 2 is 2.11 bits per heavy atom. The van der Waals surface area contributed by atoms with Crippen molar-refractivity contribution in [2.45, 2.75) is 39.0 Å². The molecule has 0 spiro atoms. The standard InChI is InChI=1S/C13H23NO3S/c1-3-4-7-14-11(15)9-18-10-13(5-6-13)8-12(16)17-2/h3-10H2,1-2H3,(H,14,15). The van der Waals surface area contributed by atoms with Gasteiger partial charge in [0.15, 0.2) is 0 Å². The van der Waals surface area contributed by atoms with Crippen molar-refractivity contribution >= 4 is 23.6 Å². The monoisotopic (exact) mass is 273 g/mol. The molecule has 0 unspecified atom stereocenters. The number of hydrogen-bond donors (Lipinski definition) is 1. The number of esters is 1. The Morgan fingerprint density at radius 3 is 2.67 bits per heavy atom. The molecule has 0 heterocycles. The third kappa shape index (κ3) is 5.76. The Labute approximate surface area is 113 Å².